The second-order valence-electron chi connectivity index (χ2n) is 5.10. The Hall–Kier alpha value is -2.46. The lowest BCUT2D eigenvalue weighted by Crippen LogP contribution is -1.97. The first kappa shape index (κ1) is 12.3. The highest BCUT2D eigenvalue weighted by atomic mass is 32.1. The maximum absolute atomic E-state index is 6.11. The number of nitrogens with zero attached hydrogens (tertiary/aromatic N) is 2. The van der Waals surface area contributed by atoms with E-state index in [-0.39, 0.29) is 0 Å². The van der Waals surface area contributed by atoms with Crippen LogP contribution in [-0.4, -0.2) is 9.97 Å². The zero-order valence-corrected chi connectivity index (χ0v) is 12.3. The number of aromatic nitrogens is 2. The van der Waals surface area contributed by atoms with E-state index in [1.807, 2.05) is 37.3 Å². The fourth-order valence-electron chi connectivity index (χ4n) is 2.47. The largest absolute Gasteiger partial charge is 0.383 e. The smallest absolute Gasteiger partial charge is 0.172 e. The number of fused-ring (bicyclic) bond motifs is 2. The van der Waals surface area contributed by atoms with Crippen molar-refractivity contribution >= 4 is 38.1 Å². The van der Waals surface area contributed by atoms with Crippen LogP contribution in [0.2, 0.25) is 0 Å². The Labute approximate surface area is 126 Å². The zero-order valence-electron chi connectivity index (χ0n) is 11.5. The van der Waals surface area contributed by atoms with Crippen LogP contribution in [0.5, 0.6) is 0 Å². The van der Waals surface area contributed by atoms with Gasteiger partial charge in [-0.2, -0.15) is 0 Å². The molecule has 0 fully saturated rings. The summed E-state index contributed by atoms with van der Waals surface area (Å²) >= 11 is 1.69. The van der Waals surface area contributed by atoms with Gasteiger partial charge in [-0.3, -0.25) is 0 Å². The molecule has 0 atom stereocenters. The van der Waals surface area contributed by atoms with E-state index in [1.54, 1.807) is 11.3 Å². The number of benzene rings is 2. The van der Waals surface area contributed by atoms with E-state index in [2.05, 4.69) is 28.2 Å². The van der Waals surface area contributed by atoms with Crippen molar-refractivity contribution < 1.29 is 0 Å². The molecule has 2 heterocycles. The second kappa shape index (κ2) is 4.53. The van der Waals surface area contributed by atoms with Gasteiger partial charge in [0.25, 0.3) is 0 Å². The average Bonchev–Trinajstić information content (AvgIpc) is 2.92. The lowest BCUT2D eigenvalue weighted by molar-refractivity contribution is 1.24. The fourth-order valence-corrected chi connectivity index (χ4v) is 3.47. The molecule has 0 radical (unpaired) electrons. The molecule has 4 rings (SSSR count). The normalized spacial score (nSPS) is 11.3. The van der Waals surface area contributed by atoms with Gasteiger partial charge in [-0.1, -0.05) is 29.8 Å². The van der Waals surface area contributed by atoms with Gasteiger partial charge >= 0.3 is 0 Å². The Morgan fingerprint density at radius 3 is 2.71 bits per heavy atom. The Morgan fingerprint density at radius 1 is 1.00 bits per heavy atom. The summed E-state index contributed by atoms with van der Waals surface area (Å²) in [5.41, 5.74) is 8.16. The van der Waals surface area contributed by atoms with Crippen LogP contribution < -0.4 is 5.73 Å². The SMILES string of the molecule is Cc1ccc2nc(-c3cc4ccccc4s3)nc(N)c2c1. The fraction of sp³-hybridized carbons (Fsp3) is 0.0588. The lowest BCUT2D eigenvalue weighted by Gasteiger charge is -2.04. The third kappa shape index (κ3) is 2.04. The van der Waals surface area contributed by atoms with Crippen LogP contribution in [0.3, 0.4) is 0 Å². The van der Waals surface area contributed by atoms with Gasteiger partial charge in [-0.25, -0.2) is 9.97 Å². The number of nitrogens with two attached hydrogens (primary N) is 1. The van der Waals surface area contributed by atoms with E-state index < -0.39 is 0 Å². The van der Waals surface area contributed by atoms with E-state index in [9.17, 15) is 0 Å². The first-order valence-electron chi connectivity index (χ1n) is 6.73. The Morgan fingerprint density at radius 2 is 1.86 bits per heavy atom. The minimum atomic E-state index is 0.538. The van der Waals surface area contributed by atoms with Gasteiger partial charge in [0.05, 0.1) is 10.4 Å². The molecule has 0 aliphatic carbocycles. The zero-order chi connectivity index (χ0) is 14.4. The molecule has 0 aliphatic heterocycles. The van der Waals surface area contributed by atoms with Crippen molar-refractivity contribution in [1.29, 1.82) is 0 Å². The van der Waals surface area contributed by atoms with Gasteiger partial charge < -0.3 is 5.73 Å². The number of hydrogen-bond donors (Lipinski definition) is 1. The number of thiophene rings is 1. The highest BCUT2D eigenvalue weighted by Gasteiger charge is 2.10. The van der Waals surface area contributed by atoms with E-state index in [0.717, 1.165) is 21.3 Å². The number of rotatable bonds is 1. The second-order valence-corrected chi connectivity index (χ2v) is 6.19. The maximum atomic E-state index is 6.11. The van der Waals surface area contributed by atoms with E-state index in [1.165, 1.54) is 10.1 Å². The lowest BCUT2D eigenvalue weighted by atomic mass is 10.1. The van der Waals surface area contributed by atoms with Gasteiger partial charge in [0, 0.05) is 10.1 Å². The number of nitrogen functional groups attached to an aromatic ring is 1. The van der Waals surface area contributed by atoms with Crippen molar-refractivity contribution in [2.75, 3.05) is 5.73 Å². The molecule has 0 saturated carbocycles. The van der Waals surface area contributed by atoms with Gasteiger partial charge in [-0.15, -0.1) is 11.3 Å². The number of hydrogen-bond acceptors (Lipinski definition) is 4. The molecule has 4 aromatic rings. The summed E-state index contributed by atoms with van der Waals surface area (Å²) in [6.45, 7) is 2.04. The third-order valence-electron chi connectivity index (χ3n) is 3.53. The van der Waals surface area contributed by atoms with Crippen molar-refractivity contribution in [3.8, 4) is 10.7 Å². The van der Waals surface area contributed by atoms with Crippen LogP contribution in [-0.2, 0) is 0 Å². The highest BCUT2D eigenvalue weighted by molar-refractivity contribution is 7.22. The molecule has 0 bridgehead atoms. The molecule has 2 N–H and O–H groups in total. The Kier molecular flexibility index (Phi) is 2.65. The van der Waals surface area contributed by atoms with Gasteiger partial charge in [0.15, 0.2) is 5.82 Å². The summed E-state index contributed by atoms with van der Waals surface area (Å²) in [5.74, 6) is 1.24. The molecular formula is C17H13N3S. The maximum Gasteiger partial charge on any atom is 0.172 e. The van der Waals surface area contributed by atoms with Crippen LogP contribution in [0, 0.1) is 6.92 Å². The van der Waals surface area contributed by atoms with Crippen molar-refractivity contribution in [3.05, 3.63) is 54.1 Å². The number of aryl methyl sites for hydroxylation is 1. The third-order valence-corrected chi connectivity index (χ3v) is 4.64. The minimum Gasteiger partial charge on any atom is -0.383 e. The van der Waals surface area contributed by atoms with Crippen molar-refractivity contribution in [1.82, 2.24) is 9.97 Å². The molecule has 2 aromatic heterocycles. The monoisotopic (exact) mass is 291 g/mol. The van der Waals surface area contributed by atoms with E-state index in [4.69, 9.17) is 5.73 Å². The molecule has 0 unspecified atom stereocenters. The molecule has 2 aromatic carbocycles. The molecule has 21 heavy (non-hydrogen) atoms. The summed E-state index contributed by atoms with van der Waals surface area (Å²) in [4.78, 5) is 10.2. The number of anilines is 1. The summed E-state index contributed by atoms with van der Waals surface area (Å²) in [6, 6.07) is 16.5. The molecule has 0 spiro atoms. The molecule has 4 heteroatoms. The molecule has 0 saturated heterocycles. The van der Waals surface area contributed by atoms with Crippen LogP contribution >= 0.6 is 11.3 Å². The van der Waals surface area contributed by atoms with Crippen molar-refractivity contribution in [3.63, 3.8) is 0 Å². The van der Waals surface area contributed by atoms with Gasteiger partial charge in [-0.05, 0) is 36.6 Å². The predicted octanol–water partition coefficient (Wildman–Crippen LogP) is 4.40. The Bertz CT molecular complexity index is 939. The van der Waals surface area contributed by atoms with E-state index >= 15 is 0 Å². The standard InChI is InChI=1S/C17H13N3S/c1-10-6-7-13-12(8-10)16(18)20-17(19-13)15-9-11-4-2-3-5-14(11)21-15/h2-9H,1H3,(H2,18,19,20). The summed E-state index contributed by atoms with van der Waals surface area (Å²) in [6.07, 6.45) is 0. The van der Waals surface area contributed by atoms with Crippen molar-refractivity contribution in [2.45, 2.75) is 6.92 Å². The first-order valence-corrected chi connectivity index (χ1v) is 7.55. The summed E-state index contributed by atoms with van der Waals surface area (Å²) in [7, 11) is 0. The Balaban J connectivity index is 1.95. The predicted molar refractivity (Wildman–Crippen MR) is 89.5 cm³/mol. The van der Waals surface area contributed by atoms with Crippen LogP contribution in [0.4, 0.5) is 5.82 Å². The summed E-state index contributed by atoms with van der Waals surface area (Å²) in [5, 5.41) is 2.13. The molecular weight excluding hydrogens is 278 g/mol. The van der Waals surface area contributed by atoms with E-state index in [0.29, 0.717) is 11.6 Å². The summed E-state index contributed by atoms with van der Waals surface area (Å²) < 4.78 is 1.23. The van der Waals surface area contributed by atoms with Gasteiger partial charge in [0.1, 0.15) is 5.82 Å². The minimum absolute atomic E-state index is 0.538. The molecule has 0 amide bonds. The molecule has 0 aliphatic rings. The van der Waals surface area contributed by atoms with Crippen LogP contribution in [0.25, 0.3) is 31.7 Å². The molecule has 3 nitrogen and oxygen atoms in total. The average molecular weight is 291 g/mol. The first-order chi connectivity index (χ1) is 10.2. The van der Waals surface area contributed by atoms with Crippen molar-refractivity contribution in [2.24, 2.45) is 0 Å². The van der Waals surface area contributed by atoms with Crippen LogP contribution in [0.1, 0.15) is 5.56 Å². The van der Waals surface area contributed by atoms with Gasteiger partial charge in [0.2, 0.25) is 0 Å². The quantitative estimate of drug-likeness (QED) is 0.565. The highest BCUT2D eigenvalue weighted by Crippen LogP contribution is 2.33. The van der Waals surface area contributed by atoms with Crippen LogP contribution in [0.15, 0.2) is 48.5 Å². The molecule has 102 valence electrons. The topological polar surface area (TPSA) is 51.8 Å².